The van der Waals surface area contributed by atoms with Crippen LogP contribution in [-0.4, -0.2) is 38.1 Å². The lowest BCUT2D eigenvalue weighted by Crippen LogP contribution is -2.42. The average molecular weight is 290 g/mol. The predicted molar refractivity (Wildman–Crippen MR) is 93.9 cm³/mol. The Hall–Kier alpha value is -0.860. The van der Waals surface area contributed by atoms with Gasteiger partial charge in [-0.25, -0.2) is 0 Å². The van der Waals surface area contributed by atoms with Gasteiger partial charge in [0.15, 0.2) is 0 Å². The lowest BCUT2D eigenvalue weighted by atomic mass is 9.79. The van der Waals surface area contributed by atoms with Crippen LogP contribution in [0.25, 0.3) is 0 Å². The van der Waals surface area contributed by atoms with Crippen molar-refractivity contribution in [3.05, 3.63) is 35.9 Å². The topological polar surface area (TPSA) is 15.3 Å². The number of hydrogen-bond acceptors (Lipinski definition) is 2. The minimum Gasteiger partial charge on any atom is -0.314 e. The largest absolute Gasteiger partial charge is 0.314 e. The summed E-state index contributed by atoms with van der Waals surface area (Å²) in [6.07, 6.45) is 1.15. The first-order chi connectivity index (χ1) is 9.62. The van der Waals surface area contributed by atoms with Crippen molar-refractivity contribution in [3.63, 3.8) is 0 Å². The summed E-state index contributed by atoms with van der Waals surface area (Å²) in [4.78, 5) is 2.26. The van der Waals surface area contributed by atoms with Crippen LogP contribution in [0.1, 0.15) is 46.6 Å². The van der Waals surface area contributed by atoms with Crippen LogP contribution < -0.4 is 5.32 Å². The van der Waals surface area contributed by atoms with E-state index in [0.717, 1.165) is 19.5 Å². The molecule has 0 amide bonds. The Bertz CT molecular complexity index is 407. The molecule has 0 aliphatic carbocycles. The van der Waals surface area contributed by atoms with Gasteiger partial charge in [0.05, 0.1) is 0 Å². The first-order valence-corrected chi connectivity index (χ1v) is 8.06. The highest BCUT2D eigenvalue weighted by Crippen LogP contribution is 2.28. The molecule has 2 nitrogen and oxygen atoms in total. The molecule has 0 aliphatic rings. The van der Waals surface area contributed by atoms with Gasteiger partial charge in [-0.15, -0.1) is 0 Å². The summed E-state index contributed by atoms with van der Waals surface area (Å²) >= 11 is 0. The molecule has 120 valence electrons. The number of rotatable bonds is 8. The maximum atomic E-state index is 3.73. The highest BCUT2D eigenvalue weighted by Gasteiger charge is 2.25. The first kappa shape index (κ1) is 18.2. The lowest BCUT2D eigenvalue weighted by Gasteiger charge is -2.33. The van der Waals surface area contributed by atoms with E-state index < -0.39 is 0 Å². The summed E-state index contributed by atoms with van der Waals surface area (Å²) in [5, 5.41) is 3.73. The maximum Gasteiger partial charge on any atom is 0.00472 e. The summed E-state index contributed by atoms with van der Waals surface area (Å²) in [5.41, 5.74) is 1.93. The molecule has 0 heterocycles. The zero-order valence-electron chi connectivity index (χ0n) is 15.0. The van der Waals surface area contributed by atoms with E-state index in [4.69, 9.17) is 0 Å². The third-order valence-electron chi connectivity index (χ3n) is 4.05. The highest BCUT2D eigenvalue weighted by atomic mass is 15.1. The van der Waals surface area contributed by atoms with Gasteiger partial charge >= 0.3 is 0 Å². The SMILES string of the molecule is CC(CC(C)(C)c1ccccc1)NCC(C)(C)CN(C)C. The Balaban J connectivity index is 2.52. The summed E-state index contributed by atoms with van der Waals surface area (Å²) in [5.74, 6) is 0. The fraction of sp³-hybridized carbons (Fsp3) is 0.684. The lowest BCUT2D eigenvalue weighted by molar-refractivity contribution is 0.221. The second kappa shape index (κ2) is 7.42. The zero-order chi connectivity index (χ0) is 16.1. The van der Waals surface area contributed by atoms with Crippen molar-refractivity contribution in [3.8, 4) is 0 Å². The number of nitrogens with one attached hydrogen (secondary N) is 1. The van der Waals surface area contributed by atoms with Gasteiger partial charge in [-0.3, -0.25) is 0 Å². The normalized spacial score (nSPS) is 14.5. The molecule has 0 bridgehead atoms. The van der Waals surface area contributed by atoms with Gasteiger partial charge in [-0.05, 0) is 43.8 Å². The van der Waals surface area contributed by atoms with Gasteiger partial charge in [-0.1, -0.05) is 58.0 Å². The number of nitrogens with zero attached hydrogens (tertiary/aromatic N) is 1. The molecule has 0 spiro atoms. The van der Waals surface area contributed by atoms with Gasteiger partial charge < -0.3 is 10.2 Å². The van der Waals surface area contributed by atoms with Crippen molar-refractivity contribution in [1.82, 2.24) is 10.2 Å². The summed E-state index contributed by atoms with van der Waals surface area (Å²) in [6.45, 7) is 13.8. The molecule has 1 aromatic rings. The van der Waals surface area contributed by atoms with Gasteiger partial charge in [-0.2, -0.15) is 0 Å². The molecular formula is C19H34N2. The van der Waals surface area contributed by atoms with E-state index in [1.54, 1.807) is 0 Å². The van der Waals surface area contributed by atoms with Crippen molar-refractivity contribution in [2.24, 2.45) is 5.41 Å². The van der Waals surface area contributed by atoms with Crippen LogP contribution in [-0.2, 0) is 5.41 Å². The monoisotopic (exact) mass is 290 g/mol. The van der Waals surface area contributed by atoms with Gasteiger partial charge in [0.25, 0.3) is 0 Å². The third kappa shape index (κ3) is 6.62. The first-order valence-electron chi connectivity index (χ1n) is 8.06. The van der Waals surface area contributed by atoms with Crippen molar-refractivity contribution >= 4 is 0 Å². The molecule has 1 rings (SSSR count). The molecule has 1 unspecified atom stereocenters. The molecule has 1 aromatic carbocycles. The van der Waals surface area contributed by atoms with Crippen molar-refractivity contribution in [2.75, 3.05) is 27.2 Å². The van der Waals surface area contributed by atoms with E-state index in [-0.39, 0.29) is 5.41 Å². The van der Waals surface area contributed by atoms with Crippen LogP contribution in [0.3, 0.4) is 0 Å². The Morgan fingerprint density at radius 1 is 1.05 bits per heavy atom. The number of hydrogen-bond donors (Lipinski definition) is 1. The molecule has 2 heteroatoms. The quantitative estimate of drug-likeness (QED) is 0.780. The summed E-state index contributed by atoms with van der Waals surface area (Å²) in [7, 11) is 4.29. The zero-order valence-corrected chi connectivity index (χ0v) is 15.0. The van der Waals surface area contributed by atoms with Crippen LogP contribution in [0, 0.1) is 5.41 Å². The molecule has 1 atom stereocenters. The van der Waals surface area contributed by atoms with Crippen LogP contribution >= 0.6 is 0 Å². The van der Waals surface area contributed by atoms with Crippen LogP contribution in [0.15, 0.2) is 30.3 Å². The third-order valence-corrected chi connectivity index (χ3v) is 4.05. The van der Waals surface area contributed by atoms with Crippen LogP contribution in [0.4, 0.5) is 0 Å². The Morgan fingerprint density at radius 2 is 1.62 bits per heavy atom. The average Bonchev–Trinajstić information content (AvgIpc) is 2.36. The van der Waals surface area contributed by atoms with E-state index in [9.17, 15) is 0 Å². The molecule has 0 aliphatic heterocycles. The fourth-order valence-electron chi connectivity index (χ4n) is 3.21. The second-order valence-electron chi connectivity index (χ2n) is 8.14. The Morgan fingerprint density at radius 3 is 2.14 bits per heavy atom. The maximum absolute atomic E-state index is 3.73. The second-order valence-corrected chi connectivity index (χ2v) is 8.14. The standard InChI is InChI=1S/C19H34N2/c1-16(20-14-18(2,3)15-21(6)7)13-19(4,5)17-11-9-8-10-12-17/h8-12,16,20H,13-15H2,1-7H3. The van der Waals surface area contributed by atoms with Crippen molar-refractivity contribution in [1.29, 1.82) is 0 Å². The van der Waals surface area contributed by atoms with E-state index >= 15 is 0 Å². The van der Waals surface area contributed by atoms with Gasteiger partial charge in [0.1, 0.15) is 0 Å². The molecular weight excluding hydrogens is 256 g/mol. The minimum atomic E-state index is 0.208. The molecule has 1 N–H and O–H groups in total. The van der Waals surface area contributed by atoms with Crippen LogP contribution in [0.5, 0.6) is 0 Å². The Labute approximate surface area is 131 Å². The summed E-state index contributed by atoms with van der Waals surface area (Å²) in [6, 6.07) is 11.3. The minimum absolute atomic E-state index is 0.208. The van der Waals surface area contributed by atoms with Gasteiger partial charge in [0, 0.05) is 19.1 Å². The molecule has 0 saturated carbocycles. The van der Waals surface area contributed by atoms with E-state index in [0.29, 0.717) is 11.5 Å². The van der Waals surface area contributed by atoms with Crippen molar-refractivity contribution in [2.45, 2.75) is 52.5 Å². The van der Waals surface area contributed by atoms with Gasteiger partial charge in [0.2, 0.25) is 0 Å². The molecule has 0 saturated heterocycles. The predicted octanol–water partition coefficient (Wildman–Crippen LogP) is 3.92. The Kier molecular flexibility index (Phi) is 6.42. The molecule has 0 radical (unpaired) electrons. The van der Waals surface area contributed by atoms with Crippen LogP contribution in [0.2, 0.25) is 0 Å². The summed E-state index contributed by atoms with van der Waals surface area (Å²) < 4.78 is 0. The molecule has 21 heavy (non-hydrogen) atoms. The fourth-order valence-corrected chi connectivity index (χ4v) is 3.21. The van der Waals surface area contributed by atoms with E-state index in [1.807, 2.05) is 0 Å². The highest BCUT2D eigenvalue weighted by molar-refractivity contribution is 5.23. The van der Waals surface area contributed by atoms with Crippen molar-refractivity contribution < 1.29 is 0 Å². The molecule has 0 aromatic heterocycles. The van der Waals surface area contributed by atoms with E-state index in [2.05, 4.69) is 89.3 Å². The number of benzene rings is 1. The smallest absolute Gasteiger partial charge is 0.00472 e. The molecule has 0 fully saturated rings. The van der Waals surface area contributed by atoms with E-state index in [1.165, 1.54) is 5.56 Å².